The number of rotatable bonds is 5. The van der Waals surface area contributed by atoms with Crippen LogP contribution < -0.4 is 0 Å². The molecule has 0 atom stereocenters. The molecule has 1 saturated heterocycles. The molecule has 3 aromatic heterocycles. The van der Waals surface area contributed by atoms with Crippen molar-refractivity contribution < 1.29 is 9.21 Å². The summed E-state index contributed by atoms with van der Waals surface area (Å²) in [5.41, 5.74) is 0.735. The summed E-state index contributed by atoms with van der Waals surface area (Å²) in [5.74, 6) is 1.44. The molecular formula is C19H20ClN3O2S2. The second-order valence-corrected chi connectivity index (χ2v) is 9.29. The van der Waals surface area contributed by atoms with Crippen LogP contribution in [0, 0.1) is 6.92 Å². The number of hydrogen-bond acceptors (Lipinski definition) is 6. The summed E-state index contributed by atoms with van der Waals surface area (Å²) < 4.78 is 6.57. The van der Waals surface area contributed by atoms with E-state index in [0.29, 0.717) is 12.3 Å². The fraction of sp³-hybridized carbons (Fsp3) is 0.368. The predicted molar refractivity (Wildman–Crippen MR) is 109 cm³/mol. The van der Waals surface area contributed by atoms with Crippen LogP contribution in [0.25, 0.3) is 10.8 Å². The van der Waals surface area contributed by atoms with Gasteiger partial charge in [0.05, 0.1) is 21.3 Å². The molecule has 0 N–H and O–H groups in total. The SMILES string of the molecule is Cc1oc(-c2cccs2)nc1CC(=O)N1CCN(Cc2ccc(Cl)s2)CC1. The fourth-order valence-corrected chi connectivity index (χ4v) is 4.94. The molecule has 27 heavy (non-hydrogen) atoms. The molecule has 0 spiro atoms. The van der Waals surface area contributed by atoms with Gasteiger partial charge in [0.1, 0.15) is 5.76 Å². The zero-order valence-electron chi connectivity index (χ0n) is 15.0. The number of aryl methyl sites for hydroxylation is 1. The molecule has 5 nitrogen and oxygen atoms in total. The van der Waals surface area contributed by atoms with Gasteiger partial charge >= 0.3 is 0 Å². The fourth-order valence-electron chi connectivity index (χ4n) is 3.17. The number of hydrogen-bond donors (Lipinski definition) is 0. The van der Waals surface area contributed by atoms with Gasteiger partial charge in [-0.15, -0.1) is 22.7 Å². The normalized spacial score (nSPS) is 15.4. The molecule has 4 heterocycles. The molecule has 0 radical (unpaired) electrons. The highest BCUT2D eigenvalue weighted by molar-refractivity contribution is 7.16. The molecule has 1 aliphatic rings. The van der Waals surface area contributed by atoms with Gasteiger partial charge in [-0.25, -0.2) is 4.98 Å². The largest absolute Gasteiger partial charge is 0.440 e. The number of amides is 1. The Morgan fingerprint density at radius 2 is 2.07 bits per heavy atom. The summed E-state index contributed by atoms with van der Waals surface area (Å²) in [6.07, 6.45) is 0.293. The number of carbonyl (C=O) groups is 1. The van der Waals surface area contributed by atoms with Gasteiger partial charge in [0.2, 0.25) is 11.8 Å². The summed E-state index contributed by atoms with van der Waals surface area (Å²) in [5, 5.41) is 1.99. The number of oxazole rings is 1. The number of thiophene rings is 2. The van der Waals surface area contributed by atoms with E-state index in [4.69, 9.17) is 16.0 Å². The highest BCUT2D eigenvalue weighted by atomic mass is 35.5. The first kappa shape index (κ1) is 18.7. The predicted octanol–water partition coefficient (Wildman–Crippen LogP) is 4.31. The highest BCUT2D eigenvalue weighted by Crippen LogP contribution is 2.26. The van der Waals surface area contributed by atoms with E-state index in [1.807, 2.05) is 35.4 Å². The smallest absolute Gasteiger partial charge is 0.236 e. The van der Waals surface area contributed by atoms with Crippen LogP contribution in [0.15, 0.2) is 34.1 Å². The van der Waals surface area contributed by atoms with Crippen LogP contribution in [0.5, 0.6) is 0 Å². The second-order valence-electron chi connectivity index (χ2n) is 6.54. The molecule has 0 aliphatic carbocycles. The Hall–Kier alpha value is -1.67. The van der Waals surface area contributed by atoms with Crippen molar-refractivity contribution in [3.63, 3.8) is 0 Å². The van der Waals surface area contributed by atoms with E-state index in [-0.39, 0.29) is 5.91 Å². The van der Waals surface area contributed by atoms with Crippen molar-refractivity contribution in [1.82, 2.24) is 14.8 Å². The quantitative estimate of drug-likeness (QED) is 0.615. The second kappa shape index (κ2) is 8.14. The minimum Gasteiger partial charge on any atom is -0.440 e. The third kappa shape index (κ3) is 4.43. The third-order valence-corrected chi connectivity index (χ3v) is 6.75. The van der Waals surface area contributed by atoms with E-state index in [0.717, 1.165) is 53.4 Å². The van der Waals surface area contributed by atoms with Crippen molar-refractivity contribution in [3.05, 3.63) is 50.3 Å². The lowest BCUT2D eigenvalue weighted by Gasteiger charge is -2.34. The van der Waals surface area contributed by atoms with Crippen LogP contribution in [-0.4, -0.2) is 46.9 Å². The molecular weight excluding hydrogens is 402 g/mol. The zero-order chi connectivity index (χ0) is 18.8. The van der Waals surface area contributed by atoms with Crippen LogP contribution in [0.1, 0.15) is 16.3 Å². The number of nitrogens with zero attached hydrogens (tertiary/aromatic N) is 3. The first-order chi connectivity index (χ1) is 13.1. The van der Waals surface area contributed by atoms with Gasteiger partial charge in [-0.3, -0.25) is 9.69 Å². The van der Waals surface area contributed by atoms with Gasteiger partial charge in [-0.2, -0.15) is 0 Å². The number of carbonyl (C=O) groups excluding carboxylic acids is 1. The number of aromatic nitrogens is 1. The molecule has 1 fully saturated rings. The molecule has 8 heteroatoms. The number of halogens is 1. The Morgan fingerprint density at radius 1 is 1.26 bits per heavy atom. The molecule has 1 aliphatic heterocycles. The van der Waals surface area contributed by atoms with Gasteiger partial charge in [0, 0.05) is 37.6 Å². The van der Waals surface area contributed by atoms with E-state index in [2.05, 4.69) is 16.0 Å². The molecule has 142 valence electrons. The zero-order valence-corrected chi connectivity index (χ0v) is 17.4. The number of piperazine rings is 1. The summed E-state index contributed by atoms with van der Waals surface area (Å²) in [7, 11) is 0. The summed E-state index contributed by atoms with van der Waals surface area (Å²) in [4.78, 5) is 23.8. The lowest BCUT2D eigenvalue weighted by atomic mass is 10.2. The van der Waals surface area contributed by atoms with Crippen LogP contribution >= 0.6 is 34.3 Å². The van der Waals surface area contributed by atoms with Crippen molar-refractivity contribution in [2.24, 2.45) is 0 Å². The maximum absolute atomic E-state index is 12.7. The van der Waals surface area contributed by atoms with Gasteiger partial charge in [-0.05, 0) is 30.5 Å². The first-order valence-electron chi connectivity index (χ1n) is 8.83. The molecule has 4 rings (SSSR count). The first-order valence-corrected chi connectivity index (χ1v) is 10.9. The van der Waals surface area contributed by atoms with Crippen molar-refractivity contribution in [1.29, 1.82) is 0 Å². The van der Waals surface area contributed by atoms with Crippen LogP contribution in [-0.2, 0) is 17.8 Å². The highest BCUT2D eigenvalue weighted by Gasteiger charge is 2.23. The van der Waals surface area contributed by atoms with Gasteiger partial charge < -0.3 is 9.32 Å². The van der Waals surface area contributed by atoms with E-state index < -0.39 is 0 Å². The van der Waals surface area contributed by atoms with Crippen molar-refractivity contribution >= 4 is 40.2 Å². The van der Waals surface area contributed by atoms with E-state index in [1.54, 1.807) is 22.7 Å². The van der Waals surface area contributed by atoms with Crippen molar-refractivity contribution in [2.75, 3.05) is 26.2 Å². The average Bonchev–Trinajstić information content (AvgIpc) is 3.38. The maximum Gasteiger partial charge on any atom is 0.236 e. The van der Waals surface area contributed by atoms with Crippen LogP contribution in [0.3, 0.4) is 0 Å². The maximum atomic E-state index is 12.7. The lowest BCUT2D eigenvalue weighted by molar-refractivity contribution is -0.132. The van der Waals surface area contributed by atoms with Gasteiger partial charge in [0.25, 0.3) is 0 Å². The average molecular weight is 422 g/mol. The molecule has 0 bridgehead atoms. The summed E-state index contributed by atoms with van der Waals surface area (Å²) >= 11 is 9.20. The van der Waals surface area contributed by atoms with Crippen LogP contribution in [0.4, 0.5) is 0 Å². The van der Waals surface area contributed by atoms with E-state index in [1.165, 1.54) is 4.88 Å². The Morgan fingerprint density at radius 3 is 2.74 bits per heavy atom. The summed E-state index contributed by atoms with van der Waals surface area (Å²) in [6, 6.07) is 7.95. The van der Waals surface area contributed by atoms with Gasteiger partial charge in [0.15, 0.2) is 0 Å². The van der Waals surface area contributed by atoms with Crippen molar-refractivity contribution in [2.45, 2.75) is 19.9 Å². The van der Waals surface area contributed by atoms with E-state index in [9.17, 15) is 4.79 Å². The Bertz CT molecular complexity index is 911. The van der Waals surface area contributed by atoms with E-state index >= 15 is 0 Å². The minimum atomic E-state index is 0.114. The lowest BCUT2D eigenvalue weighted by Crippen LogP contribution is -2.48. The standard InChI is InChI=1S/C19H20ClN3O2S2/c1-13-15(21-19(25-13)16-3-2-10-26-16)11-18(24)23-8-6-22(7-9-23)12-14-4-5-17(20)27-14/h2-5,10H,6-9,11-12H2,1H3. The molecule has 0 unspecified atom stereocenters. The Labute approximate surface area is 171 Å². The minimum absolute atomic E-state index is 0.114. The monoisotopic (exact) mass is 421 g/mol. The molecule has 0 aromatic carbocycles. The Balaban J connectivity index is 1.32. The molecule has 0 saturated carbocycles. The molecule has 1 amide bonds. The van der Waals surface area contributed by atoms with Crippen molar-refractivity contribution in [3.8, 4) is 10.8 Å². The van der Waals surface area contributed by atoms with Gasteiger partial charge in [-0.1, -0.05) is 17.7 Å². The summed E-state index contributed by atoms with van der Waals surface area (Å²) in [6.45, 7) is 6.00. The third-order valence-electron chi connectivity index (χ3n) is 4.68. The molecule has 3 aromatic rings. The van der Waals surface area contributed by atoms with Crippen LogP contribution in [0.2, 0.25) is 4.34 Å². The Kier molecular flexibility index (Phi) is 5.63. The topological polar surface area (TPSA) is 49.6 Å².